The average Bonchev–Trinajstić information content (AvgIpc) is 1.68. The van der Waals surface area contributed by atoms with Gasteiger partial charge in [-0.05, 0) is 0 Å². The Balaban J connectivity index is 3.49. The van der Waals surface area contributed by atoms with Gasteiger partial charge in [-0.1, -0.05) is 0 Å². The maximum atomic E-state index is 3.95. The summed E-state index contributed by atoms with van der Waals surface area (Å²) in [6, 6.07) is 0. The standard InChI is InChI=1S/C5H7N.W/c1-3-4-5(2)6;/h3-4H,1H2,2H3;. The van der Waals surface area contributed by atoms with Crippen LogP contribution in [0, 0.1) is 13.3 Å². The van der Waals surface area contributed by atoms with Crippen molar-refractivity contribution in [1.82, 2.24) is 0 Å². The summed E-state index contributed by atoms with van der Waals surface area (Å²) in [6.45, 7) is 5.47. The van der Waals surface area contributed by atoms with E-state index in [1.807, 2.05) is 13.0 Å². The van der Waals surface area contributed by atoms with Crippen molar-refractivity contribution >= 4 is 0 Å². The van der Waals surface area contributed by atoms with Gasteiger partial charge in [-0.25, -0.2) is 0 Å². The topological polar surface area (TPSA) is 12.4 Å². The second-order valence-electron chi connectivity index (χ2n) is 1.14. The zero-order valence-electron chi connectivity index (χ0n) is 4.22. The van der Waals surface area contributed by atoms with Crippen LogP contribution in [0.3, 0.4) is 0 Å². The van der Waals surface area contributed by atoms with Gasteiger partial charge >= 0.3 is 55.2 Å². The van der Waals surface area contributed by atoms with Gasteiger partial charge in [0.15, 0.2) is 0 Å². The molecule has 0 amide bonds. The van der Waals surface area contributed by atoms with E-state index in [-0.39, 0.29) is 0 Å². The van der Waals surface area contributed by atoms with Crippen molar-refractivity contribution in [2.24, 2.45) is 3.50 Å². The van der Waals surface area contributed by atoms with Gasteiger partial charge in [0.05, 0.1) is 0 Å². The van der Waals surface area contributed by atoms with E-state index < -0.39 is 0 Å². The van der Waals surface area contributed by atoms with Crippen LogP contribution in [0.4, 0.5) is 0 Å². The number of hydrogen-bond donors (Lipinski definition) is 0. The molecule has 0 aromatic heterocycles. The molecule has 0 aromatic rings. The molecule has 0 rings (SSSR count). The molecule has 0 N–H and O–H groups in total. The summed E-state index contributed by atoms with van der Waals surface area (Å²) in [7, 11) is 0. The van der Waals surface area contributed by atoms with Crippen LogP contribution in [0.15, 0.2) is 15.3 Å². The number of hydrogen-bond acceptors (Lipinski definition) is 1. The molecule has 0 saturated carbocycles. The van der Waals surface area contributed by atoms with Crippen molar-refractivity contribution in [1.29, 1.82) is 0 Å². The molecule has 0 aliphatic rings. The summed E-state index contributed by atoms with van der Waals surface area (Å²) in [5.74, 6) is 0. The Morgan fingerprint density at radius 2 is 2.57 bits per heavy atom. The second kappa shape index (κ2) is 4.26. The van der Waals surface area contributed by atoms with E-state index in [0.717, 1.165) is 5.70 Å². The molecule has 0 saturated heterocycles. The third kappa shape index (κ3) is 3.94. The first kappa shape index (κ1) is 7.10. The van der Waals surface area contributed by atoms with Crippen molar-refractivity contribution in [3.63, 3.8) is 0 Å². The van der Waals surface area contributed by atoms with Crippen molar-refractivity contribution in [3.8, 4) is 0 Å². The van der Waals surface area contributed by atoms with Crippen molar-refractivity contribution < 1.29 is 19.6 Å². The van der Waals surface area contributed by atoms with Crippen LogP contribution in [0.25, 0.3) is 0 Å². The second-order valence-corrected chi connectivity index (χ2v) is 1.79. The Bertz CT molecular complexity index is 86.1. The van der Waals surface area contributed by atoms with Gasteiger partial charge in [0, 0.05) is 0 Å². The summed E-state index contributed by atoms with van der Waals surface area (Å²) in [4.78, 5) is 0. The molecule has 0 unspecified atom stereocenters. The molecule has 1 nitrogen and oxygen atoms in total. The Labute approximate surface area is 55.6 Å². The summed E-state index contributed by atoms with van der Waals surface area (Å²) < 4.78 is 3.95. The third-order valence-corrected chi connectivity index (χ3v) is 1.54. The number of rotatable bonds is 2. The van der Waals surface area contributed by atoms with Crippen molar-refractivity contribution in [2.45, 2.75) is 6.92 Å². The van der Waals surface area contributed by atoms with E-state index >= 15 is 0 Å². The van der Waals surface area contributed by atoms with Gasteiger partial charge < -0.3 is 0 Å². The van der Waals surface area contributed by atoms with Crippen LogP contribution < -0.4 is 0 Å². The van der Waals surface area contributed by atoms with Crippen LogP contribution in [0.1, 0.15) is 6.92 Å². The molecule has 7 heavy (non-hydrogen) atoms. The molecule has 0 spiro atoms. The molecule has 0 bridgehead atoms. The van der Waals surface area contributed by atoms with E-state index in [4.69, 9.17) is 0 Å². The molecule has 0 radical (unpaired) electrons. The molecular weight excluding hydrogens is 258 g/mol. The van der Waals surface area contributed by atoms with Gasteiger partial charge in [0.25, 0.3) is 0 Å². The first-order chi connectivity index (χ1) is 3.31. The molecule has 0 aliphatic heterocycles. The van der Waals surface area contributed by atoms with Crippen LogP contribution in [-0.4, -0.2) is 0 Å². The first-order valence-electron chi connectivity index (χ1n) is 1.94. The van der Waals surface area contributed by atoms with Gasteiger partial charge in [-0.3, -0.25) is 0 Å². The number of nitrogens with zero attached hydrogens (tertiary/aromatic N) is 1. The van der Waals surface area contributed by atoms with Crippen molar-refractivity contribution in [2.75, 3.05) is 0 Å². The Hall–Kier alpha value is 0.0983. The summed E-state index contributed by atoms with van der Waals surface area (Å²) >= 11 is 1.24. The van der Waals surface area contributed by atoms with E-state index in [1.54, 1.807) is 6.42 Å². The fourth-order valence-corrected chi connectivity index (χ4v) is 0.420. The zero-order valence-corrected chi connectivity index (χ0v) is 7.15. The molecule has 0 fully saturated rings. The van der Waals surface area contributed by atoms with Crippen LogP contribution in [-0.2, 0) is 19.6 Å². The number of allylic oxidation sites excluding steroid dienone is 2. The predicted octanol–water partition coefficient (Wildman–Crippen LogP) is 1.66. The molecule has 0 aromatic carbocycles. The Morgan fingerprint density at radius 1 is 2.00 bits per heavy atom. The van der Waals surface area contributed by atoms with E-state index in [9.17, 15) is 0 Å². The summed E-state index contributed by atoms with van der Waals surface area (Å²) in [5.41, 5.74) is 1.05. The summed E-state index contributed by atoms with van der Waals surface area (Å²) in [5, 5.41) is 0. The van der Waals surface area contributed by atoms with Crippen LogP contribution in [0.5, 0.6) is 0 Å². The van der Waals surface area contributed by atoms with Crippen LogP contribution in [0.2, 0.25) is 0 Å². The molecule has 2 heteroatoms. The van der Waals surface area contributed by atoms with Crippen molar-refractivity contribution in [3.05, 3.63) is 25.1 Å². The van der Waals surface area contributed by atoms with Gasteiger partial charge in [-0.15, -0.1) is 0 Å². The monoisotopic (exact) mass is 265 g/mol. The SMILES string of the molecule is [CH2-][CH+]C=C(C)[N]=[W]. The van der Waals surface area contributed by atoms with Gasteiger partial charge in [0.1, 0.15) is 0 Å². The minimum absolute atomic E-state index is 1.05. The quantitative estimate of drug-likeness (QED) is 0.673. The zero-order chi connectivity index (χ0) is 5.70. The fourth-order valence-electron chi connectivity index (χ4n) is 0.201. The Morgan fingerprint density at radius 3 is 2.71 bits per heavy atom. The molecule has 0 aliphatic carbocycles. The summed E-state index contributed by atoms with van der Waals surface area (Å²) in [6.07, 6.45) is 3.62. The first-order valence-corrected chi connectivity index (χ1v) is 3.25. The molecule has 0 heterocycles. The fraction of sp³-hybridized carbons (Fsp3) is 0.200. The van der Waals surface area contributed by atoms with E-state index in [0.29, 0.717) is 0 Å². The normalized spacial score (nSPS) is 10.9. The average molecular weight is 265 g/mol. The molecule has 38 valence electrons. The predicted molar refractivity (Wildman–Crippen MR) is 25.8 cm³/mol. The Kier molecular flexibility index (Phi) is 4.32. The van der Waals surface area contributed by atoms with E-state index in [2.05, 4.69) is 10.4 Å². The maximum absolute atomic E-state index is 3.95. The van der Waals surface area contributed by atoms with Gasteiger partial charge in [0.2, 0.25) is 0 Å². The molecular formula is C5H7NW. The van der Waals surface area contributed by atoms with Gasteiger partial charge in [-0.2, -0.15) is 0 Å². The van der Waals surface area contributed by atoms with E-state index in [1.165, 1.54) is 19.6 Å². The third-order valence-electron chi connectivity index (χ3n) is 0.503. The minimum atomic E-state index is 1.05. The molecule has 0 atom stereocenters. The van der Waals surface area contributed by atoms with Crippen LogP contribution >= 0.6 is 0 Å².